The Hall–Kier alpha value is -1.66. The average molecular weight is 310 g/mol. The van der Waals surface area contributed by atoms with Crippen LogP contribution < -0.4 is 11.1 Å². The molecule has 0 radical (unpaired) electrons. The fraction of sp³-hybridized carbons (Fsp3) is 0.167. The lowest BCUT2D eigenvalue weighted by Crippen LogP contribution is -2.11. The summed E-state index contributed by atoms with van der Waals surface area (Å²) in [5.41, 5.74) is 7.09. The summed E-state index contributed by atoms with van der Waals surface area (Å²) in [6, 6.07) is 5.54. The monoisotopic (exact) mass is 309 g/mol. The third-order valence-corrected chi connectivity index (χ3v) is 3.26. The van der Waals surface area contributed by atoms with Crippen molar-refractivity contribution in [2.24, 2.45) is 5.73 Å². The molecule has 5 nitrogen and oxygen atoms in total. The fourth-order valence-corrected chi connectivity index (χ4v) is 1.67. The molecule has 0 aliphatic heterocycles. The van der Waals surface area contributed by atoms with Crippen LogP contribution in [0.2, 0.25) is 0 Å². The van der Waals surface area contributed by atoms with Gasteiger partial charge < -0.3 is 15.5 Å². The molecular weight excluding hydrogens is 298 g/mol. The number of nitrogens with zero attached hydrogens (tertiary/aromatic N) is 1. The number of halogens is 1. The van der Waals surface area contributed by atoms with E-state index >= 15 is 0 Å². The number of carbonyl (C=O) groups is 1. The molecular formula is C12H12BrN3O2. The van der Waals surface area contributed by atoms with E-state index in [-0.39, 0.29) is 18.2 Å². The van der Waals surface area contributed by atoms with Gasteiger partial charge in [0.15, 0.2) is 0 Å². The summed E-state index contributed by atoms with van der Waals surface area (Å²) in [6.45, 7) is 2.12. The highest BCUT2D eigenvalue weighted by Crippen LogP contribution is 2.20. The molecule has 1 aromatic carbocycles. The van der Waals surface area contributed by atoms with Crippen LogP contribution in [0.15, 0.2) is 33.3 Å². The van der Waals surface area contributed by atoms with E-state index in [2.05, 4.69) is 26.2 Å². The summed E-state index contributed by atoms with van der Waals surface area (Å²) in [5.74, 6) is 0.145. The largest absolute Gasteiger partial charge is 0.434 e. The first kappa shape index (κ1) is 12.8. The van der Waals surface area contributed by atoms with Gasteiger partial charge in [-0.1, -0.05) is 15.9 Å². The number of aromatic nitrogens is 1. The number of amides is 1. The van der Waals surface area contributed by atoms with Gasteiger partial charge in [-0.3, -0.25) is 4.79 Å². The maximum atomic E-state index is 11.8. The van der Waals surface area contributed by atoms with Gasteiger partial charge >= 0.3 is 0 Å². The number of carbonyl (C=O) groups excluding carboxylic acids is 1. The van der Waals surface area contributed by atoms with Crippen LogP contribution in [0, 0.1) is 6.92 Å². The van der Waals surface area contributed by atoms with E-state index in [1.807, 2.05) is 19.1 Å². The van der Waals surface area contributed by atoms with E-state index in [9.17, 15) is 4.79 Å². The number of aryl methyl sites for hydroxylation is 1. The molecule has 0 saturated heterocycles. The Kier molecular flexibility index (Phi) is 3.78. The van der Waals surface area contributed by atoms with Gasteiger partial charge in [0.25, 0.3) is 5.91 Å². The first-order chi connectivity index (χ1) is 8.60. The number of nitrogens with one attached hydrogen (secondary N) is 1. The molecule has 1 amide bonds. The topological polar surface area (TPSA) is 81.2 Å². The number of oxazole rings is 1. The molecule has 0 aliphatic rings. The molecule has 6 heteroatoms. The Balaban J connectivity index is 2.13. The van der Waals surface area contributed by atoms with Crippen molar-refractivity contribution in [1.29, 1.82) is 0 Å². The van der Waals surface area contributed by atoms with Gasteiger partial charge in [0.1, 0.15) is 0 Å². The van der Waals surface area contributed by atoms with Crippen molar-refractivity contribution in [2.45, 2.75) is 13.5 Å². The predicted molar refractivity (Wildman–Crippen MR) is 71.2 cm³/mol. The van der Waals surface area contributed by atoms with E-state index < -0.39 is 0 Å². The third kappa shape index (κ3) is 2.77. The van der Waals surface area contributed by atoms with Crippen LogP contribution in [-0.2, 0) is 6.54 Å². The zero-order valence-corrected chi connectivity index (χ0v) is 11.3. The second-order valence-corrected chi connectivity index (χ2v) is 4.59. The Labute approximate surface area is 113 Å². The summed E-state index contributed by atoms with van der Waals surface area (Å²) in [7, 11) is 0. The predicted octanol–water partition coefficient (Wildman–Crippen LogP) is 2.46. The van der Waals surface area contributed by atoms with E-state index in [0.717, 1.165) is 10.0 Å². The molecule has 94 valence electrons. The van der Waals surface area contributed by atoms with Crippen LogP contribution >= 0.6 is 15.9 Å². The van der Waals surface area contributed by atoms with Gasteiger partial charge in [0.05, 0.1) is 12.7 Å². The first-order valence-corrected chi connectivity index (χ1v) is 6.11. The zero-order valence-electron chi connectivity index (χ0n) is 9.74. The molecule has 0 bridgehead atoms. The minimum Gasteiger partial charge on any atom is -0.434 e. The van der Waals surface area contributed by atoms with Gasteiger partial charge in [-0.15, -0.1) is 0 Å². The van der Waals surface area contributed by atoms with Crippen LogP contribution in [0.25, 0.3) is 0 Å². The molecule has 1 aromatic heterocycles. The van der Waals surface area contributed by atoms with E-state index in [4.69, 9.17) is 10.2 Å². The maximum absolute atomic E-state index is 11.8. The van der Waals surface area contributed by atoms with Crippen LogP contribution in [0.4, 0.5) is 5.69 Å². The number of nitrogens with two attached hydrogens (primary N) is 1. The molecule has 0 unspecified atom stereocenters. The van der Waals surface area contributed by atoms with Gasteiger partial charge in [-0.2, -0.15) is 0 Å². The highest BCUT2D eigenvalue weighted by molar-refractivity contribution is 9.10. The molecule has 3 N–H and O–H groups in total. The molecule has 0 saturated carbocycles. The second-order valence-electron chi connectivity index (χ2n) is 3.74. The Morgan fingerprint density at radius 3 is 2.94 bits per heavy atom. The minimum absolute atomic E-state index is 0.149. The molecule has 0 spiro atoms. The summed E-state index contributed by atoms with van der Waals surface area (Å²) in [6.07, 6.45) is 1.36. The molecule has 18 heavy (non-hydrogen) atoms. The SMILES string of the molecule is Cc1cc(NC(=O)c2cnc(CN)o2)ccc1Br. The zero-order chi connectivity index (χ0) is 13.1. The summed E-state index contributed by atoms with van der Waals surface area (Å²) in [4.78, 5) is 15.7. The van der Waals surface area contributed by atoms with Gasteiger partial charge in [0.2, 0.25) is 11.7 Å². The molecule has 1 heterocycles. The standard InChI is InChI=1S/C12H12BrN3O2/c1-7-4-8(2-3-9(7)13)16-12(17)10-6-15-11(5-14)18-10/h2-4,6H,5,14H2,1H3,(H,16,17). The van der Waals surface area contributed by atoms with Crippen molar-refractivity contribution in [3.8, 4) is 0 Å². The normalized spacial score (nSPS) is 10.4. The first-order valence-electron chi connectivity index (χ1n) is 5.32. The molecule has 0 aliphatic carbocycles. The number of rotatable bonds is 3. The molecule has 2 aromatic rings. The van der Waals surface area contributed by atoms with E-state index in [0.29, 0.717) is 11.6 Å². The van der Waals surface area contributed by atoms with Crippen LogP contribution in [0.1, 0.15) is 22.0 Å². The van der Waals surface area contributed by atoms with Crippen molar-refractivity contribution in [3.05, 3.63) is 46.1 Å². The van der Waals surface area contributed by atoms with Crippen LogP contribution in [0.5, 0.6) is 0 Å². The lowest BCUT2D eigenvalue weighted by molar-refractivity contribution is 0.0995. The van der Waals surface area contributed by atoms with Crippen molar-refractivity contribution >= 4 is 27.5 Å². The maximum Gasteiger partial charge on any atom is 0.293 e. The van der Waals surface area contributed by atoms with Gasteiger partial charge in [0, 0.05) is 10.2 Å². The van der Waals surface area contributed by atoms with Crippen molar-refractivity contribution < 1.29 is 9.21 Å². The number of hydrogen-bond donors (Lipinski definition) is 2. The molecule has 0 atom stereocenters. The summed E-state index contributed by atoms with van der Waals surface area (Å²) in [5, 5.41) is 2.73. The fourth-order valence-electron chi connectivity index (χ4n) is 1.42. The van der Waals surface area contributed by atoms with E-state index in [1.165, 1.54) is 6.20 Å². The van der Waals surface area contributed by atoms with Crippen molar-refractivity contribution in [3.63, 3.8) is 0 Å². The highest BCUT2D eigenvalue weighted by Gasteiger charge is 2.12. The number of benzene rings is 1. The van der Waals surface area contributed by atoms with Crippen molar-refractivity contribution in [2.75, 3.05) is 5.32 Å². The van der Waals surface area contributed by atoms with Gasteiger partial charge in [-0.25, -0.2) is 4.98 Å². The Morgan fingerprint density at radius 2 is 2.33 bits per heavy atom. The van der Waals surface area contributed by atoms with Gasteiger partial charge in [-0.05, 0) is 30.7 Å². The number of anilines is 1. The summed E-state index contributed by atoms with van der Waals surface area (Å²) >= 11 is 3.40. The average Bonchev–Trinajstić information content (AvgIpc) is 2.82. The highest BCUT2D eigenvalue weighted by atomic mass is 79.9. The Morgan fingerprint density at radius 1 is 1.56 bits per heavy atom. The Bertz CT molecular complexity index is 580. The second kappa shape index (κ2) is 5.32. The quantitative estimate of drug-likeness (QED) is 0.912. The smallest absolute Gasteiger partial charge is 0.293 e. The van der Waals surface area contributed by atoms with Crippen LogP contribution in [0.3, 0.4) is 0 Å². The van der Waals surface area contributed by atoms with Crippen LogP contribution in [-0.4, -0.2) is 10.9 Å². The lowest BCUT2D eigenvalue weighted by atomic mass is 10.2. The van der Waals surface area contributed by atoms with E-state index in [1.54, 1.807) is 6.07 Å². The van der Waals surface area contributed by atoms with Crippen molar-refractivity contribution in [1.82, 2.24) is 4.98 Å². The third-order valence-electron chi connectivity index (χ3n) is 2.37. The minimum atomic E-state index is -0.344. The summed E-state index contributed by atoms with van der Waals surface area (Å²) < 4.78 is 6.15. The number of hydrogen-bond acceptors (Lipinski definition) is 4. The molecule has 0 fully saturated rings. The lowest BCUT2D eigenvalue weighted by Gasteiger charge is -2.05. The molecule has 2 rings (SSSR count).